The van der Waals surface area contributed by atoms with Gasteiger partial charge >= 0.3 is 12.4 Å². The molecule has 160 valence electrons. The maximum Gasteiger partial charge on any atom is 0.429 e. The number of carbonyl (C=O) groups excluding carboxylic acids is 1. The lowest BCUT2D eigenvalue weighted by molar-refractivity contribution is -0.271. The van der Waals surface area contributed by atoms with Crippen molar-refractivity contribution < 1.29 is 36.2 Å². The second-order valence-corrected chi connectivity index (χ2v) is 9.13. The molecule has 2 saturated carbocycles. The number of alkyl halides is 6. The molecule has 2 unspecified atom stereocenters. The van der Waals surface area contributed by atoms with Gasteiger partial charge in [-0.25, -0.2) is 0 Å². The fraction of sp³-hybridized carbons (Fsp3) is 0.850. The number of Topliss-reactive ketones (excluding diaryl/α,β-unsaturated/α-hetero) is 1. The number of carbonyl (C=O) groups is 1. The minimum Gasteiger partial charge on any atom is -0.369 e. The van der Waals surface area contributed by atoms with E-state index in [1.54, 1.807) is 0 Å². The summed E-state index contributed by atoms with van der Waals surface area (Å²) in [6, 6.07) is 0. The number of halogens is 6. The molecule has 2 nitrogen and oxygen atoms in total. The van der Waals surface area contributed by atoms with E-state index in [9.17, 15) is 36.2 Å². The Morgan fingerprint density at radius 2 is 1.75 bits per heavy atom. The molecular formula is C20H26F6O2. The van der Waals surface area contributed by atoms with Crippen LogP contribution in [0.1, 0.15) is 65.7 Å². The van der Waals surface area contributed by atoms with E-state index in [1.807, 2.05) is 20.8 Å². The molecule has 4 atom stereocenters. The van der Waals surface area contributed by atoms with Crippen LogP contribution in [0.5, 0.6) is 0 Å². The van der Waals surface area contributed by atoms with E-state index in [-0.39, 0.29) is 29.5 Å². The summed E-state index contributed by atoms with van der Waals surface area (Å²) in [6.45, 7) is 5.65. The summed E-state index contributed by atoms with van der Waals surface area (Å²) in [5, 5.41) is 9.56. The van der Waals surface area contributed by atoms with Gasteiger partial charge in [0.1, 0.15) is 5.78 Å². The lowest BCUT2D eigenvalue weighted by atomic mass is 9.58. The fourth-order valence-electron chi connectivity index (χ4n) is 5.26. The highest BCUT2D eigenvalue weighted by Crippen LogP contribution is 2.60. The molecule has 1 N–H and O–H groups in total. The van der Waals surface area contributed by atoms with Gasteiger partial charge in [0.05, 0.1) is 6.42 Å². The van der Waals surface area contributed by atoms with Crippen LogP contribution in [0.3, 0.4) is 0 Å². The van der Waals surface area contributed by atoms with Crippen molar-refractivity contribution in [3.05, 3.63) is 0 Å². The number of rotatable bonds is 3. The molecule has 28 heavy (non-hydrogen) atoms. The third-order valence-electron chi connectivity index (χ3n) is 6.57. The Balaban J connectivity index is 2.22. The average molecular weight is 412 g/mol. The summed E-state index contributed by atoms with van der Waals surface area (Å²) >= 11 is 0. The molecule has 0 amide bonds. The molecule has 0 aromatic carbocycles. The van der Waals surface area contributed by atoms with Crippen molar-refractivity contribution in [1.82, 2.24) is 0 Å². The van der Waals surface area contributed by atoms with Crippen LogP contribution in [-0.2, 0) is 4.79 Å². The second-order valence-electron chi connectivity index (χ2n) is 9.13. The van der Waals surface area contributed by atoms with Gasteiger partial charge in [-0.05, 0) is 42.4 Å². The van der Waals surface area contributed by atoms with Gasteiger partial charge < -0.3 is 5.11 Å². The molecule has 0 aromatic rings. The monoisotopic (exact) mass is 412 g/mol. The summed E-state index contributed by atoms with van der Waals surface area (Å²) in [6.07, 6.45) is -9.68. The van der Waals surface area contributed by atoms with Gasteiger partial charge in [0, 0.05) is 18.8 Å². The topological polar surface area (TPSA) is 37.3 Å². The van der Waals surface area contributed by atoms with Crippen LogP contribution in [0, 0.1) is 34.5 Å². The smallest absolute Gasteiger partial charge is 0.369 e. The minimum absolute atomic E-state index is 0.0187. The standard InChI is InChI=1S/C20H26F6O2/c1-16(2,15-8-7-13-14(27)6-4-10-17(13,15)3)9-5-11-18(28,20(24,25)26)12-19(21,22)23/h13,15,28H,4,6-10,12H2,1-3H3/t13-,15?,17-,18?/m0/s1. The summed E-state index contributed by atoms with van der Waals surface area (Å²) in [5.41, 5.74) is -4.99. The second kappa shape index (κ2) is 7.23. The van der Waals surface area contributed by atoms with Crippen LogP contribution in [0.4, 0.5) is 26.3 Å². The van der Waals surface area contributed by atoms with Crippen molar-refractivity contribution in [3.8, 4) is 11.8 Å². The van der Waals surface area contributed by atoms with Crippen molar-refractivity contribution in [2.24, 2.45) is 22.7 Å². The molecule has 0 spiro atoms. The Bertz CT molecular complexity index is 669. The molecule has 0 bridgehead atoms. The Labute approximate surface area is 161 Å². The zero-order valence-electron chi connectivity index (χ0n) is 16.2. The Hall–Kier alpha value is -1.23. The highest BCUT2D eigenvalue weighted by molar-refractivity contribution is 5.83. The van der Waals surface area contributed by atoms with E-state index < -0.39 is 29.8 Å². The number of aliphatic hydroxyl groups is 1. The molecule has 2 rings (SSSR count). The van der Waals surface area contributed by atoms with Crippen molar-refractivity contribution >= 4 is 5.78 Å². The van der Waals surface area contributed by atoms with Crippen LogP contribution in [0.25, 0.3) is 0 Å². The highest BCUT2D eigenvalue weighted by atomic mass is 19.4. The molecule has 0 heterocycles. The van der Waals surface area contributed by atoms with E-state index in [1.165, 1.54) is 5.92 Å². The summed E-state index contributed by atoms with van der Waals surface area (Å²) in [4.78, 5) is 12.2. The van der Waals surface area contributed by atoms with Gasteiger partial charge in [0.15, 0.2) is 0 Å². The number of hydrogen-bond donors (Lipinski definition) is 1. The Morgan fingerprint density at radius 1 is 1.14 bits per heavy atom. The molecule has 0 radical (unpaired) electrons. The largest absolute Gasteiger partial charge is 0.429 e. The van der Waals surface area contributed by atoms with Gasteiger partial charge in [0.2, 0.25) is 5.60 Å². The van der Waals surface area contributed by atoms with Gasteiger partial charge in [-0.2, -0.15) is 26.3 Å². The number of fused-ring (bicyclic) bond motifs is 1. The fourth-order valence-corrected chi connectivity index (χ4v) is 5.26. The van der Waals surface area contributed by atoms with Crippen molar-refractivity contribution in [3.63, 3.8) is 0 Å². The van der Waals surface area contributed by atoms with Gasteiger partial charge in [0.25, 0.3) is 0 Å². The predicted octanol–water partition coefficient (Wildman–Crippen LogP) is 5.44. The van der Waals surface area contributed by atoms with Gasteiger partial charge in [-0.15, -0.1) is 0 Å². The maximum absolute atomic E-state index is 13.0. The van der Waals surface area contributed by atoms with E-state index in [0.717, 1.165) is 25.7 Å². The summed E-state index contributed by atoms with van der Waals surface area (Å²) in [5.74, 6) is 3.81. The van der Waals surface area contributed by atoms with Gasteiger partial charge in [-0.1, -0.05) is 32.6 Å². The Kier molecular flexibility index (Phi) is 5.95. The highest BCUT2D eigenvalue weighted by Gasteiger charge is 2.59. The van der Waals surface area contributed by atoms with E-state index in [0.29, 0.717) is 6.42 Å². The first kappa shape index (κ1) is 23.1. The molecule has 2 fully saturated rings. The molecule has 0 aliphatic heterocycles. The van der Waals surface area contributed by atoms with Crippen molar-refractivity contribution in [2.75, 3.05) is 0 Å². The molecule has 2 aliphatic carbocycles. The van der Waals surface area contributed by atoms with Crippen molar-refractivity contribution in [1.29, 1.82) is 0 Å². The molecule has 8 heteroatoms. The summed E-state index contributed by atoms with van der Waals surface area (Å²) in [7, 11) is 0. The molecule has 2 aliphatic rings. The minimum atomic E-state index is -5.51. The number of hydrogen-bond acceptors (Lipinski definition) is 2. The van der Waals surface area contributed by atoms with Crippen LogP contribution in [0.2, 0.25) is 0 Å². The van der Waals surface area contributed by atoms with E-state index in [2.05, 4.69) is 5.92 Å². The zero-order chi connectivity index (χ0) is 21.6. The van der Waals surface area contributed by atoms with E-state index >= 15 is 0 Å². The lowest BCUT2D eigenvalue weighted by Crippen LogP contribution is -2.47. The summed E-state index contributed by atoms with van der Waals surface area (Å²) < 4.78 is 76.5. The predicted molar refractivity (Wildman–Crippen MR) is 91.0 cm³/mol. The normalized spacial score (nSPS) is 31.0. The van der Waals surface area contributed by atoms with Crippen LogP contribution in [0.15, 0.2) is 0 Å². The maximum atomic E-state index is 13.0. The SMILES string of the molecule is CC(C)(CC#CC(O)(CC(F)(F)F)C(F)(F)F)C1CC[C@H]2C(=O)CCC[C@]12C. The third-order valence-corrected chi connectivity index (χ3v) is 6.57. The third kappa shape index (κ3) is 4.50. The molecule has 0 aromatic heterocycles. The van der Waals surface area contributed by atoms with Crippen LogP contribution < -0.4 is 0 Å². The van der Waals surface area contributed by atoms with E-state index in [4.69, 9.17) is 0 Å². The zero-order valence-corrected chi connectivity index (χ0v) is 16.2. The first-order valence-corrected chi connectivity index (χ1v) is 9.40. The first-order valence-electron chi connectivity index (χ1n) is 9.40. The molecule has 0 saturated heterocycles. The number of ketones is 1. The first-order chi connectivity index (χ1) is 12.5. The van der Waals surface area contributed by atoms with Crippen LogP contribution in [-0.4, -0.2) is 28.8 Å². The average Bonchev–Trinajstić information content (AvgIpc) is 2.83. The lowest BCUT2D eigenvalue weighted by Gasteiger charge is -2.46. The van der Waals surface area contributed by atoms with Gasteiger partial charge in [-0.3, -0.25) is 4.79 Å². The Morgan fingerprint density at radius 3 is 2.29 bits per heavy atom. The van der Waals surface area contributed by atoms with Crippen LogP contribution >= 0.6 is 0 Å². The quantitative estimate of drug-likeness (QED) is 0.495. The van der Waals surface area contributed by atoms with Crippen molar-refractivity contribution in [2.45, 2.75) is 83.7 Å². The molecular weight excluding hydrogens is 386 g/mol.